The lowest BCUT2D eigenvalue weighted by Gasteiger charge is -2.45. The minimum atomic E-state index is -3.92. The topological polar surface area (TPSA) is 74.7 Å². The van der Waals surface area contributed by atoms with Crippen LogP contribution in [-0.4, -0.2) is 35.9 Å². The van der Waals surface area contributed by atoms with Crippen LogP contribution in [0.3, 0.4) is 0 Å². The molecule has 0 amide bonds. The van der Waals surface area contributed by atoms with Gasteiger partial charge in [-0.2, -0.15) is 4.31 Å². The molecule has 0 spiro atoms. The van der Waals surface area contributed by atoms with Gasteiger partial charge in [0.05, 0.1) is 4.90 Å². The zero-order valence-corrected chi connectivity index (χ0v) is 12.3. The summed E-state index contributed by atoms with van der Waals surface area (Å²) in [5.41, 5.74) is -1.41. The molecule has 1 N–H and O–H groups in total. The van der Waals surface area contributed by atoms with Crippen molar-refractivity contribution < 1.29 is 18.3 Å². The molecule has 0 aliphatic carbocycles. The summed E-state index contributed by atoms with van der Waals surface area (Å²) in [7, 11) is -3.92. The van der Waals surface area contributed by atoms with Gasteiger partial charge in [-0.15, -0.1) is 0 Å². The van der Waals surface area contributed by atoms with E-state index in [1.807, 2.05) is 0 Å². The van der Waals surface area contributed by atoms with Gasteiger partial charge in [-0.05, 0) is 31.5 Å². The number of carboxylic acids is 1. The third-order valence-corrected chi connectivity index (χ3v) is 5.67. The first-order valence-electron chi connectivity index (χ1n) is 5.40. The van der Waals surface area contributed by atoms with Crippen molar-refractivity contribution in [2.24, 2.45) is 0 Å². The Balaban J connectivity index is 2.47. The molecule has 1 saturated heterocycles. The number of benzene rings is 1. The number of sulfonamides is 1. The molecule has 1 atom stereocenters. The largest absolute Gasteiger partial charge is 0.480 e. The van der Waals surface area contributed by atoms with E-state index in [4.69, 9.17) is 28.3 Å². The lowest BCUT2D eigenvalue weighted by atomic mass is 9.90. The molecule has 19 heavy (non-hydrogen) atoms. The third kappa shape index (κ3) is 2.33. The van der Waals surface area contributed by atoms with E-state index in [0.29, 0.717) is 0 Å². The number of nitrogens with zero attached hydrogens (tertiary/aromatic N) is 1. The summed E-state index contributed by atoms with van der Waals surface area (Å²) in [6, 6.07) is 3.92. The average Bonchev–Trinajstić information content (AvgIpc) is 2.24. The number of rotatable bonds is 3. The molecule has 0 aromatic heterocycles. The van der Waals surface area contributed by atoms with Gasteiger partial charge in [-0.25, -0.2) is 8.42 Å². The normalized spacial score (nSPS) is 23.9. The summed E-state index contributed by atoms with van der Waals surface area (Å²) in [6.07, 6.45) is 0.274. The third-order valence-electron chi connectivity index (χ3n) is 3.24. The van der Waals surface area contributed by atoms with Crippen LogP contribution in [0.2, 0.25) is 10.0 Å². The summed E-state index contributed by atoms with van der Waals surface area (Å²) in [4.78, 5) is 11.1. The van der Waals surface area contributed by atoms with Gasteiger partial charge < -0.3 is 5.11 Å². The van der Waals surface area contributed by atoms with Gasteiger partial charge in [0.15, 0.2) is 0 Å². The molecule has 0 saturated carbocycles. The molecule has 8 heteroatoms. The van der Waals surface area contributed by atoms with Crippen molar-refractivity contribution in [3.05, 3.63) is 28.2 Å². The monoisotopic (exact) mass is 323 g/mol. The van der Waals surface area contributed by atoms with E-state index in [-0.39, 0.29) is 27.9 Å². The fourth-order valence-electron chi connectivity index (χ4n) is 1.94. The molecular formula is C11H11Cl2NO4S. The number of aliphatic carboxylic acids is 1. The Morgan fingerprint density at radius 3 is 2.21 bits per heavy atom. The first-order chi connectivity index (χ1) is 8.68. The van der Waals surface area contributed by atoms with Crippen molar-refractivity contribution in [2.45, 2.75) is 23.8 Å². The zero-order valence-electron chi connectivity index (χ0n) is 9.93. The van der Waals surface area contributed by atoms with Gasteiger partial charge in [-0.1, -0.05) is 23.2 Å². The predicted molar refractivity (Wildman–Crippen MR) is 71.0 cm³/mol. The predicted octanol–water partition coefficient (Wildman–Crippen LogP) is 2.23. The fraction of sp³-hybridized carbons (Fsp3) is 0.364. The SMILES string of the molecule is C[C@@]1(C(=O)O)CCN1S(=O)(=O)c1cc(Cl)cc(Cl)c1. The van der Waals surface area contributed by atoms with E-state index < -0.39 is 21.5 Å². The lowest BCUT2D eigenvalue weighted by Crippen LogP contribution is -2.64. The molecule has 2 rings (SSSR count). The Labute approximate surface area is 120 Å². The highest BCUT2D eigenvalue weighted by molar-refractivity contribution is 7.89. The second-order valence-electron chi connectivity index (χ2n) is 4.51. The molecule has 1 aromatic carbocycles. The molecule has 1 fully saturated rings. The molecule has 5 nitrogen and oxygen atoms in total. The van der Waals surface area contributed by atoms with Crippen LogP contribution < -0.4 is 0 Å². The van der Waals surface area contributed by atoms with E-state index in [1.165, 1.54) is 25.1 Å². The van der Waals surface area contributed by atoms with E-state index in [0.717, 1.165) is 4.31 Å². The summed E-state index contributed by atoms with van der Waals surface area (Å²) in [6.45, 7) is 1.54. The second-order valence-corrected chi connectivity index (χ2v) is 7.25. The standard InChI is InChI=1S/C11H11Cl2NO4S/c1-11(10(15)16)2-3-14(11)19(17,18)9-5-7(12)4-8(13)6-9/h4-6H,2-3H2,1H3,(H,15,16)/t11-/m0/s1. The highest BCUT2D eigenvalue weighted by atomic mass is 35.5. The highest BCUT2D eigenvalue weighted by Crippen LogP contribution is 2.37. The van der Waals surface area contributed by atoms with Gasteiger partial charge in [0.1, 0.15) is 5.54 Å². The second kappa shape index (κ2) is 4.63. The molecule has 0 radical (unpaired) electrons. The summed E-state index contributed by atoms with van der Waals surface area (Å²) in [5.74, 6) is -1.17. The maximum Gasteiger partial charge on any atom is 0.324 e. The molecule has 1 aromatic rings. The van der Waals surface area contributed by atoms with E-state index >= 15 is 0 Å². The maximum absolute atomic E-state index is 12.4. The molecule has 104 valence electrons. The van der Waals surface area contributed by atoms with Crippen molar-refractivity contribution in [3.8, 4) is 0 Å². The zero-order chi connectivity index (χ0) is 14.4. The van der Waals surface area contributed by atoms with E-state index in [1.54, 1.807) is 0 Å². The van der Waals surface area contributed by atoms with Crippen molar-refractivity contribution in [1.29, 1.82) is 0 Å². The highest BCUT2D eigenvalue weighted by Gasteiger charge is 2.53. The Bertz CT molecular complexity index is 626. The van der Waals surface area contributed by atoms with Crippen molar-refractivity contribution in [2.75, 3.05) is 6.54 Å². The van der Waals surface area contributed by atoms with E-state index in [9.17, 15) is 13.2 Å². The summed E-state index contributed by atoms with van der Waals surface area (Å²) < 4.78 is 25.7. The molecule has 1 aliphatic rings. The van der Waals surface area contributed by atoms with Crippen molar-refractivity contribution in [3.63, 3.8) is 0 Å². The fourth-order valence-corrected chi connectivity index (χ4v) is 4.44. The van der Waals surface area contributed by atoms with Crippen molar-refractivity contribution in [1.82, 2.24) is 4.31 Å². The quantitative estimate of drug-likeness (QED) is 0.925. The molecular weight excluding hydrogens is 313 g/mol. The first-order valence-corrected chi connectivity index (χ1v) is 7.60. The Morgan fingerprint density at radius 2 is 1.84 bits per heavy atom. The first kappa shape index (κ1) is 14.6. The Morgan fingerprint density at radius 1 is 1.32 bits per heavy atom. The molecule has 1 heterocycles. The van der Waals surface area contributed by atoms with Crippen LogP contribution in [0.15, 0.2) is 23.1 Å². The maximum atomic E-state index is 12.4. The Hall–Kier alpha value is -0.820. The van der Waals surface area contributed by atoms with Crippen LogP contribution in [0.1, 0.15) is 13.3 Å². The summed E-state index contributed by atoms with van der Waals surface area (Å²) >= 11 is 11.5. The number of hydrogen-bond donors (Lipinski definition) is 1. The molecule has 0 bridgehead atoms. The minimum absolute atomic E-state index is 0.0998. The van der Waals surface area contributed by atoms with Gasteiger partial charge >= 0.3 is 5.97 Å². The molecule has 0 unspecified atom stereocenters. The smallest absolute Gasteiger partial charge is 0.324 e. The number of hydrogen-bond acceptors (Lipinski definition) is 3. The van der Waals surface area contributed by atoms with Gasteiger partial charge in [0.2, 0.25) is 10.0 Å². The van der Waals surface area contributed by atoms with Gasteiger partial charge in [-0.3, -0.25) is 4.79 Å². The minimum Gasteiger partial charge on any atom is -0.480 e. The average molecular weight is 324 g/mol. The van der Waals surface area contributed by atoms with E-state index in [2.05, 4.69) is 0 Å². The number of halogens is 2. The van der Waals surface area contributed by atoms with Crippen LogP contribution in [0.4, 0.5) is 0 Å². The van der Waals surface area contributed by atoms with Gasteiger partial charge in [0.25, 0.3) is 0 Å². The summed E-state index contributed by atoms with van der Waals surface area (Å²) in [5, 5.41) is 9.49. The lowest BCUT2D eigenvalue weighted by molar-refractivity contribution is -0.153. The van der Waals surface area contributed by atoms with Crippen LogP contribution >= 0.6 is 23.2 Å². The van der Waals surface area contributed by atoms with Crippen LogP contribution in [0, 0.1) is 0 Å². The van der Waals surface area contributed by atoms with Crippen LogP contribution in [0.25, 0.3) is 0 Å². The number of carboxylic acid groups (broad SMARTS) is 1. The van der Waals surface area contributed by atoms with Crippen LogP contribution in [-0.2, 0) is 14.8 Å². The molecule has 1 aliphatic heterocycles. The van der Waals surface area contributed by atoms with Crippen LogP contribution in [0.5, 0.6) is 0 Å². The van der Waals surface area contributed by atoms with Gasteiger partial charge in [0, 0.05) is 16.6 Å². The Kier molecular flexibility index (Phi) is 3.55. The number of carbonyl (C=O) groups is 1. The van der Waals surface area contributed by atoms with Crippen molar-refractivity contribution >= 4 is 39.2 Å².